The number of rotatable bonds is 5. The third-order valence-electron chi connectivity index (χ3n) is 4.23. The molecular weight excluding hydrogens is 345 g/mol. The summed E-state index contributed by atoms with van der Waals surface area (Å²) in [5.74, 6) is 1.37. The number of hydrogen-bond donors (Lipinski definition) is 2. The maximum absolute atomic E-state index is 12.7. The first-order valence-corrected chi connectivity index (χ1v) is 8.41. The SMILES string of the molecule is NCCNc1nccc(N2CCN(c3ccc(C(F)(F)F)cc3)CC2)n1. The van der Waals surface area contributed by atoms with Crippen molar-refractivity contribution in [3.8, 4) is 0 Å². The number of alkyl halides is 3. The first-order chi connectivity index (χ1) is 12.5. The number of nitrogens with zero attached hydrogens (tertiary/aromatic N) is 4. The van der Waals surface area contributed by atoms with E-state index < -0.39 is 11.7 Å². The molecule has 9 heteroatoms. The topological polar surface area (TPSA) is 70.3 Å². The van der Waals surface area contributed by atoms with Crippen LogP contribution in [0.3, 0.4) is 0 Å². The Bertz CT molecular complexity index is 711. The Labute approximate surface area is 149 Å². The van der Waals surface area contributed by atoms with Crippen molar-refractivity contribution in [3.05, 3.63) is 42.1 Å². The summed E-state index contributed by atoms with van der Waals surface area (Å²) in [4.78, 5) is 12.8. The Kier molecular flexibility index (Phi) is 5.46. The van der Waals surface area contributed by atoms with Crippen LogP contribution in [0.15, 0.2) is 36.5 Å². The summed E-state index contributed by atoms with van der Waals surface area (Å²) in [6, 6.07) is 7.15. The van der Waals surface area contributed by atoms with E-state index in [1.807, 2.05) is 6.07 Å². The molecule has 1 aromatic heterocycles. The lowest BCUT2D eigenvalue weighted by Gasteiger charge is -2.36. The van der Waals surface area contributed by atoms with Crippen molar-refractivity contribution in [2.75, 3.05) is 54.4 Å². The van der Waals surface area contributed by atoms with Gasteiger partial charge in [0.15, 0.2) is 0 Å². The summed E-state index contributed by atoms with van der Waals surface area (Å²) in [7, 11) is 0. The number of piperazine rings is 1. The van der Waals surface area contributed by atoms with Crippen LogP contribution in [0, 0.1) is 0 Å². The molecule has 2 aromatic rings. The van der Waals surface area contributed by atoms with Gasteiger partial charge in [-0.25, -0.2) is 4.98 Å². The quantitative estimate of drug-likeness (QED) is 0.845. The molecule has 140 valence electrons. The molecule has 0 bridgehead atoms. The summed E-state index contributed by atoms with van der Waals surface area (Å²) in [5, 5.41) is 3.05. The second-order valence-electron chi connectivity index (χ2n) is 5.97. The average molecular weight is 366 g/mol. The van der Waals surface area contributed by atoms with E-state index in [-0.39, 0.29) is 0 Å². The van der Waals surface area contributed by atoms with E-state index in [2.05, 4.69) is 25.1 Å². The molecule has 1 aromatic carbocycles. The van der Waals surface area contributed by atoms with Gasteiger partial charge in [-0.3, -0.25) is 0 Å². The van der Waals surface area contributed by atoms with Gasteiger partial charge in [-0.1, -0.05) is 0 Å². The lowest BCUT2D eigenvalue weighted by Crippen LogP contribution is -2.46. The van der Waals surface area contributed by atoms with Gasteiger partial charge in [0.05, 0.1) is 5.56 Å². The average Bonchev–Trinajstić information content (AvgIpc) is 2.66. The molecule has 26 heavy (non-hydrogen) atoms. The van der Waals surface area contributed by atoms with Crippen molar-refractivity contribution in [1.82, 2.24) is 9.97 Å². The number of halogens is 3. The van der Waals surface area contributed by atoms with Crippen LogP contribution < -0.4 is 20.9 Å². The van der Waals surface area contributed by atoms with Gasteiger partial charge in [-0.2, -0.15) is 18.2 Å². The van der Waals surface area contributed by atoms with Gasteiger partial charge in [0.2, 0.25) is 5.95 Å². The van der Waals surface area contributed by atoms with Crippen molar-refractivity contribution in [2.45, 2.75) is 6.18 Å². The van der Waals surface area contributed by atoms with Crippen molar-refractivity contribution < 1.29 is 13.2 Å². The standard InChI is InChI=1S/C17H21F3N6/c18-17(19,20)13-1-3-14(4-2-13)25-9-11-26(12-10-25)15-5-7-22-16(24-15)23-8-6-21/h1-5,7H,6,8-12,21H2,(H,22,23,24). The second-order valence-corrected chi connectivity index (χ2v) is 5.97. The van der Waals surface area contributed by atoms with Crippen LogP contribution in [0.25, 0.3) is 0 Å². The van der Waals surface area contributed by atoms with E-state index in [1.165, 1.54) is 12.1 Å². The van der Waals surface area contributed by atoms with Gasteiger partial charge in [-0.15, -0.1) is 0 Å². The summed E-state index contributed by atoms with van der Waals surface area (Å²) >= 11 is 0. The molecule has 6 nitrogen and oxygen atoms in total. The summed E-state index contributed by atoms with van der Waals surface area (Å²) in [5.41, 5.74) is 5.63. The molecule has 0 aliphatic carbocycles. The maximum Gasteiger partial charge on any atom is 0.416 e. The molecule has 1 saturated heterocycles. The van der Waals surface area contributed by atoms with Crippen LogP contribution in [-0.4, -0.2) is 49.2 Å². The number of nitrogens with two attached hydrogens (primary N) is 1. The second kappa shape index (κ2) is 7.77. The predicted octanol–water partition coefficient (Wildman–Crippen LogP) is 2.19. The van der Waals surface area contributed by atoms with Crippen LogP contribution in [0.1, 0.15) is 5.56 Å². The Morgan fingerprint density at radius 2 is 1.65 bits per heavy atom. The number of benzene rings is 1. The fourth-order valence-corrected chi connectivity index (χ4v) is 2.85. The molecule has 0 unspecified atom stereocenters. The molecule has 3 rings (SSSR count). The summed E-state index contributed by atoms with van der Waals surface area (Å²) in [6.07, 6.45) is -2.61. The number of hydrogen-bond acceptors (Lipinski definition) is 6. The number of anilines is 3. The Balaban J connectivity index is 1.60. The van der Waals surface area contributed by atoms with E-state index in [4.69, 9.17) is 5.73 Å². The highest BCUT2D eigenvalue weighted by Gasteiger charge is 2.30. The zero-order chi connectivity index (χ0) is 18.6. The molecule has 0 spiro atoms. The van der Waals surface area contributed by atoms with E-state index >= 15 is 0 Å². The van der Waals surface area contributed by atoms with Crippen molar-refractivity contribution in [3.63, 3.8) is 0 Å². The molecule has 1 fully saturated rings. The first kappa shape index (κ1) is 18.2. The van der Waals surface area contributed by atoms with Crippen molar-refractivity contribution in [2.24, 2.45) is 5.73 Å². The Hall–Kier alpha value is -2.55. The van der Waals surface area contributed by atoms with Crippen LogP contribution in [0.4, 0.5) is 30.6 Å². The van der Waals surface area contributed by atoms with E-state index in [0.717, 1.165) is 36.7 Å². The molecule has 0 atom stereocenters. The first-order valence-electron chi connectivity index (χ1n) is 8.41. The highest BCUT2D eigenvalue weighted by Crippen LogP contribution is 2.30. The van der Waals surface area contributed by atoms with Gasteiger partial charge in [0, 0.05) is 51.2 Å². The highest BCUT2D eigenvalue weighted by molar-refractivity contribution is 5.51. The lowest BCUT2D eigenvalue weighted by molar-refractivity contribution is -0.137. The molecule has 3 N–H and O–H groups in total. The minimum Gasteiger partial charge on any atom is -0.368 e. The number of nitrogens with one attached hydrogen (secondary N) is 1. The fourth-order valence-electron chi connectivity index (χ4n) is 2.85. The molecule has 0 radical (unpaired) electrons. The Morgan fingerprint density at radius 3 is 2.27 bits per heavy atom. The molecule has 0 amide bonds. The minimum atomic E-state index is -4.31. The molecular formula is C17H21F3N6. The van der Waals surface area contributed by atoms with E-state index in [0.29, 0.717) is 32.1 Å². The van der Waals surface area contributed by atoms with Crippen molar-refractivity contribution >= 4 is 17.5 Å². The van der Waals surface area contributed by atoms with Crippen LogP contribution in [0.5, 0.6) is 0 Å². The molecule has 1 aliphatic heterocycles. The molecule has 0 saturated carbocycles. The normalized spacial score (nSPS) is 15.2. The van der Waals surface area contributed by atoms with Gasteiger partial charge in [-0.05, 0) is 30.3 Å². The summed E-state index contributed by atoms with van der Waals surface area (Å²) < 4.78 is 38.0. The van der Waals surface area contributed by atoms with Crippen molar-refractivity contribution in [1.29, 1.82) is 0 Å². The zero-order valence-corrected chi connectivity index (χ0v) is 14.2. The summed E-state index contributed by atoms with van der Waals surface area (Å²) in [6.45, 7) is 3.98. The third kappa shape index (κ3) is 4.34. The van der Waals surface area contributed by atoms with E-state index in [1.54, 1.807) is 6.20 Å². The van der Waals surface area contributed by atoms with Gasteiger partial charge in [0.1, 0.15) is 5.82 Å². The van der Waals surface area contributed by atoms with Crippen LogP contribution in [0.2, 0.25) is 0 Å². The van der Waals surface area contributed by atoms with Crippen LogP contribution in [-0.2, 0) is 6.18 Å². The minimum absolute atomic E-state index is 0.499. The largest absolute Gasteiger partial charge is 0.416 e. The molecule has 1 aliphatic rings. The van der Waals surface area contributed by atoms with Gasteiger partial charge >= 0.3 is 6.18 Å². The lowest BCUT2D eigenvalue weighted by atomic mass is 10.1. The smallest absolute Gasteiger partial charge is 0.368 e. The van der Waals surface area contributed by atoms with Gasteiger partial charge < -0.3 is 20.9 Å². The Morgan fingerprint density at radius 1 is 1.00 bits per heavy atom. The molecule has 2 heterocycles. The third-order valence-corrected chi connectivity index (χ3v) is 4.23. The fraction of sp³-hybridized carbons (Fsp3) is 0.412. The van der Waals surface area contributed by atoms with E-state index in [9.17, 15) is 13.2 Å². The van der Waals surface area contributed by atoms with Crippen LogP contribution >= 0.6 is 0 Å². The van der Waals surface area contributed by atoms with Gasteiger partial charge in [0.25, 0.3) is 0 Å². The maximum atomic E-state index is 12.7. The highest BCUT2D eigenvalue weighted by atomic mass is 19.4. The predicted molar refractivity (Wildman–Crippen MR) is 95.4 cm³/mol. The monoisotopic (exact) mass is 366 g/mol. The number of aromatic nitrogens is 2. The zero-order valence-electron chi connectivity index (χ0n) is 14.2.